The maximum absolute atomic E-state index is 10.9. The molecule has 0 bridgehead atoms. The number of hydrogen-bond acceptors (Lipinski definition) is 3. The van der Waals surface area contributed by atoms with Gasteiger partial charge in [0.25, 0.3) is 0 Å². The van der Waals surface area contributed by atoms with Crippen molar-refractivity contribution in [3.05, 3.63) is 39.9 Å². The molecule has 0 aliphatic heterocycles. The van der Waals surface area contributed by atoms with Crippen molar-refractivity contribution < 1.29 is 4.52 Å². The normalized spacial score (nSPS) is 18.7. The molecule has 4 nitrogen and oxygen atoms in total. The van der Waals surface area contributed by atoms with Crippen LogP contribution in [0.3, 0.4) is 0 Å². The summed E-state index contributed by atoms with van der Waals surface area (Å²) >= 11 is 2.46. The maximum Gasteiger partial charge on any atom is 0.439 e. The smallest absolute Gasteiger partial charge is 0.296 e. The molecule has 1 aliphatic rings. The molecular formula is C11H9IN2O2. The molecule has 1 N–H and O–H groups in total. The number of fused-ring (bicyclic) bond motifs is 1. The van der Waals surface area contributed by atoms with Crippen molar-refractivity contribution in [2.45, 2.75) is 16.8 Å². The Morgan fingerprint density at radius 2 is 2.38 bits per heavy atom. The van der Waals surface area contributed by atoms with Crippen LogP contribution < -0.4 is 5.76 Å². The van der Waals surface area contributed by atoms with Crippen molar-refractivity contribution in [2.75, 3.05) is 0 Å². The highest BCUT2D eigenvalue weighted by molar-refractivity contribution is 14.1. The van der Waals surface area contributed by atoms with Gasteiger partial charge in [-0.25, -0.2) is 4.79 Å². The van der Waals surface area contributed by atoms with Gasteiger partial charge < -0.3 is 0 Å². The number of nitrogens with one attached hydrogen (secondary N) is 1. The summed E-state index contributed by atoms with van der Waals surface area (Å²) in [5, 5.41) is 3.69. The van der Waals surface area contributed by atoms with Crippen molar-refractivity contribution in [1.82, 2.24) is 10.1 Å². The third-order valence-corrected chi connectivity index (χ3v) is 4.16. The van der Waals surface area contributed by atoms with Gasteiger partial charge in [-0.15, -0.1) is 0 Å². The first-order valence-corrected chi connectivity index (χ1v) is 6.32. The fourth-order valence-corrected chi connectivity index (χ4v) is 2.99. The quantitative estimate of drug-likeness (QED) is 0.646. The third kappa shape index (κ3) is 1.59. The summed E-state index contributed by atoms with van der Waals surface area (Å²) in [6.07, 6.45) is 2.29. The zero-order valence-corrected chi connectivity index (χ0v) is 10.5. The molecule has 82 valence electrons. The first-order chi connectivity index (χ1) is 7.74. The Bertz CT molecular complexity index is 588. The van der Waals surface area contributed by atoms with Crippen LogP contribution in [0.5, 0.6) is 0 Å². The third-order valence-electron chi connectivity index (χ3n) is 2.86. The van der Waals surface area contributed by atoms with E-state index >= 15 is 0 Å². The van der Waals surface area contributed by atoms with E-state index in [1.807, 2.05) is 6.07 Å². The van der Waals surface area contributed by atoms with Crippen LogP contribution in [0.1, 0.15) is 21.5 Å². The molecule has 1 aromatic heterocycles. The lowest BCUT2D eigenvalue weighted by atomic mass is 10.1. The van der Waals surface area contributed by atoms with Gasteiger partial charge >= 0.3 is 5.76 Å². The number of hydrogen-bond donors (Lipinski definition) is 1. The second kappa shape index (κ2) is 3.73. The summed E-state index contributed by atoms with van der Waals surface area (Å²) in [6, 6.07) is 6.17. The van der Waals surface area contributed by atoms with Crippen molar-refractivity contribution >= 4 is 22.6 Å². The molecule has 0 radical (unpaired) electrons. The predicted molar refractivity (Wildman–Crippen MR) is 67.6 cm³/mol. The average Bonchev–Trinajstić information content (AvgIpc) is 2.86. The number of H-pyrrole nitrogens is 1. The first-order valence-electron chi connectivity index (χ1n) is 5.07. The Kier molecular flexibility index (Phi) is 2.34. The lowest BCUT2D eigenvalue weighted by molar-refractivity contribution is 0.388. The van der Waals surface area contributed by atoms with Gasteiger partial charge in [-0.1, -0.05) is 39.9 Å². The van der Waals surface area contributed by atoms with Crippen LogP contribution in [0.15, 0.2) is 27.5 Å². The van der Waals surface area contributed by atoms with Gasteiger partial charge in [-0.3, -0.25) is 9.51 Å². The zero-order chi connectivity index (χ0) is 11.1. The Labute approximate surface area is 105 Å². The number of rotatable bonds is 1. The average molecular weight is 328 g/mol. The van der Waals surface area contributed by atoms with Gasteiger partial charge in [0, 0.05) is 9.49 Å². The van der Waals surface area contributed by atoms with Gasteiger partial charge in [0.05, 0.1) is 0 Å². The summed E-state index contributed by atoms with van der Waals surface area (Å²) < 4.78 is 5.11. The Balaban J connectivity index is 2.08. The standard InChI is InChI=1S/C11H9IN2O2/c12-9-4-2-6-5-7(1-3-8(6)9)10-13-11(15)16-14-10/h1,3,5,9H,2,4H2,(H,13,14,15)/t9-/m0/s1. The number of halogens is 1. The molecule has 0 saturated heterocycles. The molecule has 0 unspecified atom stereocenters. The van der Waals surface area contributed by atoms with Crippen LogP contribution >= 0.6 is 22.6 Å². The van der Waals surface area contributed by atoms with E-state index in [0.29, 0.717) is 9.75 Å². The minimum Gasteiger partial charge on any atom is -0.296 e. The Morgan fingerprint density at radius 1 is 1.50 bits per heavy atom. The largest absolute Gasteiger partial charge is 0.439 e. The molecule has 1 atom stereocenters. The summed E-state index contributed by atoms with van der Waals surface area (Å²) in [5.41, 5.74) is 3.66. The monoisotopic (exact) mass is 328 g/mol. The fourth-order valence-electron chi connectivity index (χ4n) is 2.07. The van der Waals surface area contributed by atoms with E-state index in [-0.39, 0.29) is 0 Å². The minimum atomic E-state index is -0.512. The van der Waals surface area contributed by atoms with Crippen molar-refractivity contribution in [3.8, 4) is 11.4 Å². The second-order valence-electron chi connectivity index (χ2n) is 3.86. The number of aryl methyl sites for hydroxylation is 1. The summed E-state index contributed by atoms with van der Waals surface area (Å²) in [7, 11) is 0. The second-order valence-corrected chi connectivity index (χ2v) is 5.37. The highest BCUT2D eigenvalue weighted by Crippen LogP contribution is 2.39. The van der Waals surface area contributed by atoms with E-state index in [1.54, 1.807) is 0 Å². The maximum atomic E-state index is 10.9. The van der Waals surface area contributed by atoms with Crippen LogP contribution in [-0.4, -0.2) is 10.1 Å². The highest BCUT2D eigenvalue weighted by atomic mass is 127. The molecule has 0 saturated carbocycles. The molecule has 0 spiro atoms. The van der Waals surface area contributed by atoms with E-state index in [0.717, 1.165) is 12.0 Å². The molecule has 1 aromatic carbocycles. The molecular weight excluding hydrogens is 319 g/mol. The predicted octanol–water partition coefficient (Wildman–Crippen LogP) is 2.45. The van der Waals surface area contributed by atoms with E-state index in [9.17, 15) is 4.79 Å². The van der Waals surface area contributed by atoms with Crippen molar-refractivity contribution in [3.63, 3.8) is 0 Å². The molecule has 1 aliphatic carbocycles. The SMILES string of the molecule is O=c1[nH]c(-c2ccc3c(c2)CC[C@@H]3I)no1. The molecule has 0 amide bonds. The van der Waals surface area contributed by atoms with Crippen LogP contribution in [-0.2, 0) is 6.42 Å². The minimum absolute atomic E-state index is 0.504. The van der Waals surface area contributed by atoms with Crippen LogP contribution in [0.2, 0.25) is 0 Å². The molecule has 3 rings (SSSR count). The van der Waals surface area contributed by atoms with Gasteiger partial charge in [-0.05, 0) is 30.0 Å². The van der Waals surface area contributed by atoms with Gasteiger partial charge in [0.15, 0.2) is 5.82 Å². The van der Waals surface area contributed by atoms with E-state index in [1.165, 1.54) is 17.5 Å². The fraction of sp³-hybridized carbons (Fsp3) is 0.273. The summed E-state index contributed by atoms with van der Waals surface area (Å²) in [4.78, 5) is 13.4. The van der Waals surface area contributed by atoms with E-state index in [2.05, 4.69) is 49.4 Å². The van der Waals surface area contributed by atoms with Gasteiger partial charge in [0.2, 0.25) is 0 Å². The highest BCUT2D eigenvalue weighted by Gasteiger charge is 2.20. The summed E-state index contributed by atoms with van der Waals surface area (Å²) in [6.45, 7) is 0. The number of alkyl halides is 1. The molecule has 0 fully saturated rings. The number of benzene rings is 1. The van der Waals surface area contributed by atoms with E-state index in [4.69, 9.17) is 0 Å². The molecule has 1 heterocycles. The van der Waals surface area contributed by atoms with Crippen molar-refractivity contribution in [1.29, 1.82) is 0 Å². The van der Waals surface area contributed by atoms with Gasteiger partial charge in [-0.2, -0.15) is 0 Å². The topological polar surface area (TPSA) is 58.9 Å². The van der Waals surface area contributed by atoms with E-state index < -0.39 is 5.76 Å². The molecule has 2 aromatic rings. The van der Waals surface area contributed by atoms with Crippen LogP contribution in [0.25, 0.3) is 11.4 Å². The van der Waals surface area contributed by atoms with Crippen LogP contribution in [0, 0.1) is 0 Å². The molecule has 5 heteroatoms. The number of aromatic amines is 1. The number of nitrogens with zero attached hydrogens (tertiary/aromatic N) is 1. The Morgan fingerprint density at radius 3 is 3.12 bits per heavy atom. The lowest BCUT2D eigenvalue weighted by Gasteiger charge is -2.03. The van der Waals surface area contributed by atoms with Crippen LogP contribution in [0.4, 0.5) is 0 Å². The molecule has 16 heavy (non-hydrogen) atoms. The zero-order valence-electron chi connectivity index (χ0n) is 8.37. The van der Waals surface area contributed by atoms with Gasteiger partial charge in [0.1, 0.15) is 0 Å². The Hall–Kier alpha value is -1.11. The lowest BCUT2D eigenvalue weighted by Crippen LogP contribution is -1.95. The summed E-state index contributed by atoms with van der Waals surface area (Å²) in [5.74, 6) is -0.00743. The van der Waals surface area contributed by atoms with Crippen molar-refractivity contribution in [2.24, 2.45) is 0 Å². The number of aromatic nitrogens is 2. The first kappa shape index (κ1) is 10.1.